The zero-order valence-electron chi connectivity index (χ0n) is 16.2. The van der Waals surface area contributed by atoms with Gasteiger partial charge < -0.3 is 15.0 Å². The normalized spacial score (nSPS) is 14.9. The van der Waals surface area contributed by atoms with Crippen molar-refractivity contribution in [1.82, 2.24) is 14.7 Å². The SMILES string of the molecule is COc1cccc(Cc2nsc(N3CCC(CNC(=O)CCCCl)CC3)n2)c1. The Balaban J connectivity index is 1.45. The molecule has 1 aromatic heterocycles. The summed E-state index contributed by atoms with van der Waals surface area (Å²) < 4.78 is 9.81. The van der Waals surface area contributed by atoms with Crippen LogP contribution in [0.4, 0.5) is 5.13 Å². The van der Waals surface area contributed by atoms with E-state index in [9.17, 15) is 4.79 Å². The van der Waals surface area contributed by atoms with Crippen LogP contribution in [0.3, 0.4) is 0 Å². The smallest absolute Gasteiger partial charge is 0.220 e. The minimum atomic E-state index is 0.106. The fourth-order valence-electron chi connectivity index (χ4n) is 3.31. The molecule has 0 atom stereocenters. The molecule has 1 saturated heterocycles. The number of hydrogen-bond donors (Lipinski definition) is 1. The molecule has 0 radical (unpaired) electrons. The summed E-state index contributed by atoms with van der Waals surface area (Å²) in [6, 6.07) is 8.01. The van der Waals surface area contributed by atoms with Crippen LogP contribution in [0.2, 0.25) is 0 Å². The number of rotatable bonds is 9. The van der Waals surface area contributed by atoms with Gasteiger partial charge in [0.1, 0.15) is 11.6 Å². The monoisotopic (exact) mass is 422 g/mol. The first-order valence-electron chi connectivity index (χ1n) is 9.71. The lowest BCUT2D eigenvalue weighted by Crippen LogP contribution is -2.38. The second-order valence-corrected chi connectivity index (χ2v) is 8.16. The molecule has 1 amide bonds. The molecule has 6 nitrogen and oxygen atoms in total. The van der Waals surface area contributed by atoms with Gasteiger partial charge >= 0.3 is 0 Å². The first kappa shape index (κ1) is 20.9. The standard InChI is InChI=1S/C20H27ClN4O2S/c1-27-17-5-2-4-16(12-17)13-18-23-20(28-24-18)25-10-7-15(8-11-25)14-22-19(26)6-3-9-21/h2,4-5,12,15H,3,6-11,13-14H2,1H3,(H,22,26). The number of anilines is 1. The molecule has 1 aromatic carbocycles. The Labute approximate surface area is 175 Å². The fraction of sp³-hybridized carbons (Fsp3) is 0.550. The van der Waals surface area contributed by atoms with Gasteiger partial charge in [0.15, 0.2) is 0 Å². The van der Waals surface area contributed by atoms with Crippen molar-refractivity contribution in [2.75, 3.05) is 37.5 Å². The predicted octanol–water partition coefficient (Wildman–Crippen LogP) is 3.49. The highest BCUT2D eigenvalue weighted by atomic mass is 35.5. The lowest BCUT2D eigenvalue weighted by Gasteiger charge is -2.31. The molecule has 0 saturated carbocycles. The van der Waals surface area contributed by atoms with Crippen LogP contribution < -0.4 is 15.0 Å². The van der Waals surface area contributed by atoms with E-state index in [1.54, 1.807) is 7.11 Å². The average Bonchev–Trinajstić information content (AvgIpc) is 3.19. The summed E-state index contributed by atoms with van der Waals surface area (Å²) in [6.45, 7) is 2.66. The van der Waals surface area contributed by atoms with Gasteiger partial charge in [0.05, 0.1) is 7.11 Å². The number of methoxy groups -OCH3 is 1. The number of carbonyl (C=O) groups excluding carboxylic acids is 1. The zero-order chi connectivity index (χ0) is 19.8. The third kappa shape index (κ3) is 6.07. The van der Waals surface area contributed by atoms with E-state index >= 15 is 0 Å². The molecule has 1 aliphatic heterocycles. The number of piperidine rings is 1. The molecule has 3 rings (SSSR count). The number of alkyl halides is 1. The molecule has 0 bridgehead atoms. The van der Waals surface area contributed by atoms with Gasteiger partial charge in [-0.25, -0.2) is 4.98 Å². The van der Waals surface area contributed by atoms with Crippen LogP contribution >= 0.6 is 23.1 Å². The molecule has 1 aliphatic rings. The maximum Gasteiger partial charge on any atom is 0.220 e. The van der Waals surface area contributed by atoms with Gasteiger partial charge in [0, 0.05) is 49.9 Å². The van der Waals surface area contributed by atoms with E-state index in [0.717, 1.165) is 61.2 Å². The van der Waals surface area contributed by atoms with Gasteiger partial charge in [0.25, 0.3) is 0 Å². The molecule has 2 aromatic rings. The maximum atomic E-state index is 11.7. The van der Waals surface area contributed by atoms with Crippen molar-refractivity contribution in [2.24, 2.45) is 5.92 Å². The van der Waals surface area contributed by atoms with E-state index in [-0.39, 0.29) is 5.91 Å². The molecule has 2 heterocycles. The van der Waals surface area contributed by atoms with Crippen molar-refractivity contribution in [3.8, 4) is 5.75 Å². The molecule has 152 valence electrons. The van der Waals surface area contributed by atoms with E-state index in [1.807, 2.05) is 18.2 Å². The Morgan fingerprint density at radius 1 is 1.39 bits per heavy atom. The van der Waals surface area contributed by atoms with E-state index in [0.29, 0.717) is 24.6 Å². The Hall–Kier alpha value is -1.86. The van der Waals surface area contributed by atoms with Gasteiger partial charge in [0.2, 0.25) is 11.0 Å². The predicted molar refractivity (Wildman–Crippen MR) is 114 cm³/mol. The largest absolute Gasteiger partial charge is 0.497 e. The van der Waals surface area contributed by atoms with Crippen LogP contribution in [0.15, 0.2) is 24.3 Å². The van der Waals surface area contributed by atoms with Crippen LogP contribution in [0.1, 0.15) is 37.1 Å². The van der Waals surface area contributed by atoms with E-state index in [1.165, 1.54) is 11.5 Å². The summed E-state index contributed by atoms with van der Waals surface area (Å²) in [5.41, 5.74) is 1.15. The van der Waals surface area contributed by atoms with Crippen molar-refractivity contribution >= 4 is 34.2 Å². The van der Waals surface area contributed by atoms with E-state index in [2.05, 4.69) is 20.7 Å². The molecular formula is C20H27ClN4O2S. The molecule has 28 heavy (non-hydrogen) atoms. The number of nitrogens with one attached hydrogen (secondary N) is 1. The number of nitrogens with zero attached hydrogens (tertiary/aromatic N) is 3. The van der Waals surface area contributed by atoms with Crippen LogP contribution in [0, 0.1) is 5.92 Å². The second kappa shape index (κ2) is 10.6. The fourth-order valence-corrected chi connectivity index (χ4v) is 4.18. The quantitative estimate of drug-likeness (QED) is 0.626. The minimum Gasteiger partial charge on any atom is -0.497 e. The topological polar surface area (TPSA) is 67.3 Å². The Morgan fingerprint density at radius 3 is 2.96 bits per heavy atom. The Morgan fingerprint density at radius 2 is 2.21 bits per heavy atom. The average molecular weight is 423 g/mol. The summed E-state index contributed by atoms with van der Waals surface area (Å²) in [5.74, 6) is 2.87. The highest BCUT2D eigenvalue weighted by molar-refractivity contribution is 7.09. The van der Waals surface area contributed by atoms with Crippen LogP contribution in [0.25, 0.3) is 0 Å². The van der Waals surface area contributed by atoms with Crippen molar-refractivity contribution in [1.29, 1.82) is 0 Å². The third-order valence-electron chi connectivity index (χ3n) is 4.96. The first-order valence-corrected chi connectivity index (χ1v) is 11.0. The number of aromatic nitrogens is 2. The van der Waals surface area contributed by atoms with Crippen LogP contribution in [0.5, 0.6) is 5.75 Å². The summed E-state index contributed by atoms with van der Waals surface area (Å²) in [7, 11) is 1.67. The van der Waals surface area contributed by atoms with Crippen LogP contribution in [-0.4, -0.2) is 47.9 Å². The second-order valence-electron chi connectivity index (χ2n) is 7.05. The summed E-state index contributed by atoms with van der Waals surface area (Å²) >= 11 is 7.09. The van der Waals surface area contributed by atoms with Gasteiger partial charge in [-0.3, -0.25) is 4.79 Å². The summed E-state index contributed by atoms with van der Waals surface area (Å²) in [6.07, 6.45) is 4.07. The highest BCUT2D eigenvalue weighted by Gasteiger charge is 2.22. The highest BCUT2D eigenvalue weighted by Crippen LogP contribution is 2.25. The number of carbonyl (C=O) groups is 1. The van der Waals surface area contributed by atoms with Gasteiger partial charge in [-0.2, -0.15) is 4.37 Å². The van der Waals surface area contributed by atoms with Gasteiger partial charge in [-0.15, -0.1) is 11.6 Å². The van der Waals surface area contributed by atoms with Crippen molar-refractivity contribution < 1.29 is 9.53 Å². The zero-order valence-corrected chi connectivity index (χ0v) is 17.8. The molecule has 1 fully saturated rings. The first-order chi connectivity index (χ1) is 13.7. The Kier molecular flexibility index (Phi) is 7.91. The number of amides is 1. The molecule has 0 aliphatic carbocycles. The molecule has 0 spiro atoms. The number of benzene rings is 1. The van der Waals surface area contributed by atoms with Crippen molar-refractivity contribution in [3.63, 3.8) is 0 Å². The van der Waals surface area contributed by atoms with Crippen molar-refractivity contribution in [3.05, 3.63) is 35.7 Å². The minimum absolute atomic E-state index is 0.106. The van der Waals surface area contributed by atoms with E-state index in [4.69, 9.17) is 21.3 Å². The number of ether oxygens (including phenoxy) is 1. The summed E-state index contributed by atoms with van der Waals surface area (Å²) in [4.78, 5) is 18.8. The third-order valence-corrected chi connectivity index (χ3v) is 6.05. The maximum absolute atomic E-state index is 11.7. The van der Waals surface area contributed by atoms with Crippen molar-refractivity contribution in [2.45, 2.75) is 32.1 Å². The Bertz CT molecular complexity index is 762. The lowest BCUT2D eigenvalue weighted by molar-refractivity contribution is -0.121. The molecule has 1 N–H and O–H groups in total. The number of hydrogen-bond acceptors (Lipinski definition) is 6. The molecular weight excluding hydrogens is 396 g/mol. The lowest BCUT2D eigenvalue weighted by atomic mass is 9.97. The number of halogens is 1. The summed E-state index contributed by atoms with van der Waals surface area (Å²) in [5, 5.41) is 4.02. The molecule has 8 heteroatoms. The molecule has 0 unspecified atom stereocenters. The van der Waals surface area contributed by atoms with Gasteiger partial charge in [-0.1, -0.05) is 12.1 Å². The van der Waals surface area contributed by atoms with Crippen LogP contribution in [-0.2, 0) is 11.2 Å². The van der Waals surface area contributed by atoms with E-state index < -0.39 is 0 Å². The van der Waals surface area contributed by atoms with Gasteiger partial charge in [-0.05, 0) is 42.9 Å².